The molecule has 0 saturated carbocycles. The fourth-order valence-electron chi connectivity index (χ4n) is 2.61. The summed E-state index contributed by atoms with van der Waals surface area (Å²) in [6.45, 7) is 7.53. The Hall–Kier alpha value is -3.62. The van der Waals surface area contributed by atoms with Crippen LogP contribution in [0.25, 0.3) is 0 Å². The van der Waals surface area contributed by atoms with Gasteiger partial charge in [-0.2, -0.15) is 9.37 Å². The van der Waals surface area contributed by atoms with Gasteiger partial charge in [0.1, 0.15) is 5.75 Å². The van der Waals surface area contributed by atoms with Crippen LogP contribution < -0.4 is 15.6 Å². The van der Waals surface area contributed by atoms with Crippen LogP contribution in [-0.4, -0.2) is 16.7 Å². The normalized spacial score (nSPS) is 10.2. The molecule has 1 heterocycles. The molecule has 30 heavy (non-hydrogen) atoms. The van der Waals surface area contributed by atoms with Crippen LogP contribution in [-0.2, 0) is 6.54 Å². The fourth-order valence-corrected chi connectivity index (χ4v) is 2.61. The van der Waals surface area contributed by atoms with Crippen molar-refractivity contribution in [2.75, 3.05) is 12.4 Å². The highest BCUT2D eigenvalue weighted by Gasteiger charge is 2.14. The average molecular weight is 423 g/mol. The first-order valence-corrected chi connectivity index (χ1v) is 8.60. The Kier molecular flexibility index (Phi) is 7.35. The molecule has 0 unspecified atom stereocenters. The molecule has 0 aliphatic carbocycles. The molecular formula is C21H21F4N3O2. The smallest absolute Gasteiger partial charge is 0.310 e. The lowest BCUT2D eigenvalue weighted by molar-refractivity contribution is 0.414. The Morgan fingerprint density at radius 2 is 1.73 bits per heavy atom. The number of hydrogen-bond donors (Lipinski definition) is 1. The maximum atomic E-state index is 13.8. The van der Waals surface area contributed by atoms with E-state index in [1.165, 1.54) is 7.11 Å². The Labute approximate surface area is 171 Å². The third-order valence-electron chi connectivity index (χ3n) is 4.03. The van der Waals surface area contributed by atoms with Gasteiger partial charge in [-0.3, -0.25) is 4.79 Å². The fraction of sp³-hybridized carbons (Fsp3) is 0.143. The van der Waals surface area contributed by atoms with E-state index in [0.29, 0.717) is 11.4 Å². The van der Waals surface area contributed by atoms with Crippen LogP contribution in [0.4, 0.5) is 29.2 Å². The van der Waals surface area contributed by atoms with Gasteiger partial charge in [-0.05, 0) is 48.4 Å². The summed E-state index contributed by atoms with van der Waals surface area (Å²) >= 11 is 0. The van der Waals surface area contributed by atoms with E-state index in [2.05, 4.69) is 23.5 Å². The molecule has 1 aromatic heterocycles. The molecule has 0 amide bonds. The predicted molar refractivity (Wildman–Crippen MR) is 108 cm³/mol. The maximum Gasteiger partial charge on any atom is 0.310 e. The van der Waals surface area contributed by atoms with Gasteiger partial charge in [0.15, 0.2) is 17.5 Å². The number of hydrogen-bond acceptors (Lipinski definition) is 4. The van der Waals surface area contributed by atoms with E-state index in [1.807, 2.05) is 0 Å². The molecule has 0 saturated heterocycles. The van der Waals surface area contributed by atoms with Crippen molar-refractivity contribution in [3.63, 3.8) is 0 Å². The minimum Gasteiger partial charge on any atom is -0.497 e. The number of methoxy groups -OCH3 is 1. The Balaban J connectivity index is 0.00000156. The quantitative estimate of drug-likeness (QED) is 0.358. The van der Waals surface area contributed by atoms with Crippen molar-refractivity contribution in [1.29, 1.82) is 0 Å². The number of nitrogens with zero attached hydrogens (tertiary/aromatic N) is 2. The van der Waals surface area contributed by atoms with Crippen LogP contribution in [0.15, 0.2) is 54.5 Å². The Morgan fingerprint density at radius 3 is 2.30 bits per heavy atom. The van der Waals surface area contributed by atoms with Gasteiger partial charge in [-0.15, -0.1) is 13.2 Å². The standard InChI is InChI=1S/C19H15F4N3O2.C2H4.H2/c1-10-5-12(28-2)3-4-16(10)24-19-25-18(27)15(22)9-26(19)8-11-6-13(20)17(23)14(21)7-11;1-2;/h3-7,9H,8H2,1-2H3,(H,24,25,27);1-2H2;1H. The minimum atomic E-state index is -1.60. The first kappa shape index (κ1) is 22.7. The van der Waals surface area contributed by atoms with Crippen molar-refractivity contribution >= 4 is 11.6 Å². The summed E-state index contributed by atoms with van der Waals surface area (Å²) < 4.78 is 60.1. The number of anilines is 2. The van der Waals surface area contributed by atoms with Gasteiger partial charge < -0.3 is 14.6 Å². The van der Waals surface area contributed by atoms with E-state index in [-0.39, 0.29) is 19.5 Å². The topological polar surface area (TPSA) is 56.1 Å². The van der Waals surface area contributed by atoms with E-state index in [0.717, 1.165) is 28.5 Å². The van der Waals surface area contributed by atoms with Crippen molar-refractivity contribution in [1.82, 2.24) is 9.55 Å². The van der Waals surface area contributed by atoms with Gasteiger partial charge in [0.05, 0.1) is 13.7 Å². The van der Waals surface area contributed by atoms with E-state index >= 15 is 0 Å². The molecule has 3 rings (SSSR count). The summed E-state index contributed by atoms with van der Waals surface area (Å²) in [5.41, 5.74) is 0.241. The third-order valence-corrected chi connectivity index (χ3v) is 4.03. The molecule has 0 fully saturated rings. The molecule has 9 heteroatoms. The minimum absolute atomic E-state index is 0. The zero-order chi connectivity index (χ0) is 22.4. The summed E-state index contributed by atoms with van der Waals surface area (Å²) in [6, 6.07) is 6.66. The van der Waals surface area contributed by atoms with Crippen molar-refractivity contribution in [3.8, 4) is 5.75 Å². The molecule has 0 spiro atoms. The summed E-state index contributed by atoms with van der Waals surface area (Å²) in [7, 11) is 1.52. The number of benzene rings is 2. The van der Waals surface area contributed by atoms with Crippen LogP contribution in [0.3, 0.4) is 0 Å². The number of halogens is 4. The highest BCUT2D eigenvalue weighted by atomic mass is 19.2. The lowest BCUT2D eigenvalue weighted by atomic mass is 10.2. The lowest BCUT2D eigenvalue weighted by Crippen LogP contribution is -2.20. The Bertz CT molecular complexity index is 1100. The van der Waals surface area contributed by atoms with Gasteiger partial charge in [-0.1, -0.05) is 0 Å². The SMILES string of the molecule is C=C.COc1ccc(Nc2nc(=O)c(F)cn2Cc2cc(F)c(F)c(F)c2)c(C)c1.[HH]. The van der Waals surface area contributed by atoms with Gasteiger partial charge in [0.2, 0.25) is 11.8 Å². The zero-order valence-corrected chi connectivity index (χ0v) is 16.3. The number of aryl methyl sites for hydroxylation is 1. The summed E-state index contributed by atoms with van der Waals surface area (Å²) in [5, 5.41) is 2.89. The molecule has 2 aromatic carbocycles. The van der Waals surface area contributed by atoms with Crippen molar-refractivity contribution in [3.05, 3.63) is 94.4 Å². The van der Waals surface area contributed by atoms with Crippen LogP contribution in [0.2, 0.25) is 0 Å². The molecule has 0 bridgehead atoms. The second-order valence-electron chi connectivity index (χ2n) is 6.02. The molecule has 160 valence electrons. The molecule has 0 aliphatic rings. The van der Waals surface area contributed by atoms with Crippen molar-refractivity contribution in [2.24, 2.45) is 0 Å². The number of rotatable bonds is 5. The summed E-state index contributed by atoms with van der Waals surface area (Å²) in [4.78, 5) is 15.3. The molecule has 5 nitrogen and oxygen atoms in total. The molecular weight excluding hydrogens is 402 g/mol. The second kappa shape index (κ2) is 9.73. The zero-order valence-electron chi connectivity index (χ0n) is 16.3. The van der Waals surface area contributed by atoms with Gasteiger partial charge in [-0.25, -0.2) is 13.2 Å². The summed E-state index contributed by atoms with van der Waals surface area (Å²) in [5.74, 6) is -4.91. The number of nitrogens with one attached hydrogen (secondary N) is 1. The van der Waals surface area contributed by atoms with Gasteiger partial charge >= 0.3 is 5.56 Å². The van der Waals surface area contributed by atoms with Gasteiger partial charge in [0, 0.05) is 13.3 Å². The molecule has 0 radical (unpaired) electrons. The summed E-state index contributed by atoms with van der Waals surface area (Å²) in [6.07, 6.45) is 0.857. The number of ether oxygens (including phenoxy) is 1. The van der Waals surface area contributed by atoms with E-state index in [4.69, 9.17) is 4.74 Å². The van der Waals surface area contributed by atoms with Crippen LogP contribution >= 0.6 is 0 Å². The van der Waals surface area contributed by atoms with Crippen molar-refractivity contribution in [2.45, 2.75) is 13.5 Å². The van der Waals surface area contributed by atoms with Gasteiger partial charge in [0.25, 0.3) is 0 Å². The van der Waals surface area contributed by atoms with Crippen LogP contribution in [0.1, 0.15) is 12.6 Å². The third kappa shape index (κ3) is 5.05. The van der Waals surface area contributed by atoms with E-state index in [9.17, 15) is 22.4 Å². The molecule has 0 atom stereocenters. The first-order chi connectivity index (χ1) is 14.3. The van der Waals surface area contributed by atoms with Crippen molar-refractivity contribution < 1.29 is 23.7 Å². The number of aromatic nitrogens is 2. The van der Waals surface area contributed by atoms with E-state index < -0.39 is 28.8 Å². The van der Waals surface area contributed by atoms with Crippen LogP contribution in [0.5, 0.6) is 5.75 Å². The van der Waals surface area contributed by atoms with E-state index in [1.54, 1.807) is 25.1 Å². The van der Waals surface area contributed by atoms with Crippen LogP contribution in [0, 0.1) is 30.2 Å². The largest absolute Gasteiger partial charge is 0.497 e. The second-order valence-corrected chi connectivity index (χ2v) is 6.02. The Morgan fingerprint density at radius 1 is 1.10 bits per heavy atom. The monoisotopic (exact) mass is 423 g/mol. The first-order valence-electron chi connectivity index (χ1n) is 8.60. The molecule has 3 aromatic rings. The average Bonchev–Trinajstić information content (AvgIpc) is 2.72. The predicted octanol–water partition coefficient (Wildman–Crippen LogP) is 4.96. The highest BCUT2D eigenvalue weighted by molar-refractivity contribution is 5.60. The molecule has 1 N–H and O–H groups in total. The highest BCUT2D eigenvalue weighted by Crippen LogP contribution is 2.24. The molecule has 0 aliphatic heterocycles. The lowest BCUT2D eigenvalue weighted by Gasteiger charge is -2.16. The maximum absolute atomic E-state index is 13.8.